The van der Waals surface area contributed by atoms with Crippen molar-refractivity contribution in [1.82, 2.24) is 4.90 Å². The lowest BCUT2D eigenvalue weighted by atomic mass is 9.86. The second-order valence-electron chi connectivity index (χ2n) is 6.19. The normalized spacial score (nSPS) is 25.8. The molecule has 1 amide bonds. The van der Waals surface area contributed by atoms with Crippen molar-refractivity contribution < 1.29 is 9.53 Å². The molecular weight excluding hydrogens is 264 g/mol. The number of carbonyl (C=O) groups is 1. The monoisotopic (exact) mass is 288 g/mol. The minimum atomic E-state index is 0.0211. The first-order valence-corrected chi connectivity index (χ1v) is 7.85. The quantitative estimate of drug-likeness (QED) is 0.908. The zero-order valence-corrected chi connectivity index (χ0v) is 12.8. The molecule has 1 aromatic carbocycles. The third-order valence-electron chi connectivity index (χ3n) is 4.85. The van der Waals surface area contributed by atoms with Gasteiger partial charge in [0.2, 0.25) is 5.91 Å². The highest BCUT2D eigenvalue weighted by Crippen LogP contribution is 2.30. The molecule has 0 aromatic heterocycles. The minimum absolute atomic E-state index is 0.0211. The van der Waals surface area contributed by atoms with Crippen LogP contribution in [0.3, 0.4) is 0 Å². The van der Waals surface area contributed by atoms with Gasteiger partial charge in [-0.15, -0.1) is 0 Å². The molecule has 3 rings (SSSR count). The van der Waals surface area contributed by atoms with Crippen LogP contribution in [0.25, 0.3) is 0 Å². The Morgan fingerprint density at radius 3 is 2.76 bits per heavy atom. The van der Waals surface area contributed by atoms with E-state index in [-0.39, 0.29) is 17.9 Å². The van der Waals surface area contributed by atoms with Crippen LogP contribution in [0.5, 0.6) is 0 Å². The second-order valence-corrected chi connectivity index (χ2v) is 6.19. The summed E-state index contributed by atoms with van der Waals surface area (Å²) in [4.78, 5) is 14.8. The SMILES string of the molecule is CC1Nc2ccccc2CC1C(=O)N(C)C1CCOCC1. The largest absolute Gasteiger partial charge is 0.382 e. The van der Waals surface area contributed by atoms with Crippen molar-refractivity contribution in [1.29, 1.82) is 0 Å². The fourth-order valence-electron chi connectivity index (χ4n) is 3.41. The van der Waals surface area contributed by atoms with Gasteiger partial charge in [-0.2, -0.15) is 0 Å². The Morgan fingerprint density at radius 2 is 2.00 bits per heavy atom. The molecule has 0 saturated carbocycles. The molecule has 21 heavy (non-hydrogen) atoms. The Bertz CT molecular complexity index is 511. The van der Waals surface area contributed by atoms with Gasteiger partial charge in [0.05, 0.1) is 5.92 Å². The molecule has 0 aliphatic carbocycles. The van der Waals surface area contributed by atoms with Gasteiger partial charge in [-0.3, -0.25) is 4.79 Å². The molecule has 1 N–H and O–H groups in total. The zero-order valence-electron chi connectivity index (χ0n) is 12.8. The number of para-hydroxylation sites is 1. The van der Waals surface area contributed by atoms with E-state index in [0.29, 0.717) is 6.04 Å². The van der Waals surface area contributed by atoms with Gasteiger partial charge in [0, 0.05) is 38.0 Å². The zero-order chi connectivity index (χ0) is 14.8. The number of ether oxygens (including phenoxy) is 1. The van der Waals surface area contributed by atoms with Crippen molar-refractivity contribution in [3.63, 3.8) is 0 Å². The van der Waals surface area contributed by atoms with E-state index in [4.69, 9.17) is 4.74 Å². The molecule has 114 valence electrons. The second kappa shape index (κ2) is 6.06. The molecule has 2 heterocycles. The molecule has 4 heteroatoms. The van der Waals surface area contributed by atoms with Crippen molar-refractivity contribution in [2.24, 2.45) is 5.92 Å². The van der Waals surface area contributed by atoms with Crippen molar-refractivity contribution >= 4 is 11.6 Å². The molecule has 2 aliphatic heterocycles. The number of hydrogen-bond donors (Lipinski definition) is 1. The highest BCUT2D eigenvalue weighted by atomic mass is 16.5. The molecule has 0 spiro atoms. The third-order valence-corrected chi connectivity index (χ3v) is 4.85. The topological polar surface area (TPSA) is 41.6 Å². The predicted molar refractivity (Wildman–Crippen MR) is 83.3 cm³/mol. The van der Waals surface area contributed by atoms with E-state index in [1.807, 2.05) is 24.1 Å². The molecule has 4 nitrogen and oxygen atoms in total. The first kappa shape index (κ1) is 14.4. The summed E-state index contributed by atoms with van der Waals surface area (Å²) in [6.07, 6.45) is 2.73. The molecule has 1 aromatic rings. The average Bonchev–Trinajstić information content (AvgIpc) is 2.53. The van der Waals surface area contributed by atoms with Crippen molar-refractivity contribution in [2.75, 3.05) is 25.6 Å². The van der Waals surface area contributed by atoms with Crippen molar-refractivity contribution in [3.8, 4) is 0 Å². The van der Waals surface area contributed by atoms with Crippen LogP contribution in [-0.4, -0.2) is 43.2 Å². The van der Waals surface area contributed by atoms with Crippen LogP contribution in [0.15, 0.2) is 24.3 Å². The number of anilines is 1. The molecule has 1 saturated heterocycles. The summed E-state index contributed by atoms with van der Waals surface area (Å²) in [6, 6.07) is 8.79. The molecule has 2 atom stereocenters. The van der Waals surface area contributed by atoms with Gasteiger partial charge in [0.1, 0.15) is 0 Å². The maximum absolute atomic E-state index is 12.9. The Balaban J connectivity index is 1.72. The summed E-state index contributed by atoms with van der Waals surface area (Å²) in [5.74, 6) is 0.282. The van der Waals surface area contributed by atoms with Gasteiger partial charge in [-0.05, 0) is 37.8 Å². The van der Waals surface area contributed by atoms with Crippen LogP contribution in [0.2, 0.25) is 0 Å². The van der Waals surface area contributed by atoms with Crippen LogP contribution in [-0.2, 0) is 16.0 Å². The van der Waals surface area contributed by atoms with Gasteiger partial charge in [0.15, 0.2) is 0 Å². The number of carbonyl (C=O) groups excluding carboxylic acids is 1. The number of nitrogens with zero attached hydrogens (tertiary/aromatic N) is 1. The van der Waals surface area contributed by atoms with Gasteiger partial charge in [-0.1, -0.05) is 18.2 Å². The van der Waals surface area contributed by atoms with E-state index in [0.717, 1.165) is 32.5 Å². The van der Waals surface area contributed by atoms with Gasteiger partial charge in [-0.25, -0.2) is 0 Å². The summed E-state index contributed by atoms with van der Waals surface area (Å²) < 4.78 is 5.39. The first-order valence-electron chi connectivity index (χ1n) is 7.85. The van der Waals surface area contributed by atoms with Crippen LogP contribution in [0.4, 0.5) is 5.69 Å². The molecule has 2 aliphatic rings. The number of hydrogen-bond acceptors (Lipinski definition) is 3. The fraction of sp³-hybridized carbons (Fsp3) is 0.588. The average molecular weight is 288 g/mol. The summed E-state index contributed by atoms with van der Waals surface area (Å²) in [5, 5.41) is 3.48. The van der Waals surface area contributed by atoms with E-state index in [2.05, 4.69) is 24.4 Å². The summed E-state index contributed by atoms with van der Waals surface area (Å²) in [5.41, 5.74) is 2.41. The fourth-order valence-corrected chi connectivity index (χ4v) is 3.41. The Labute approximate surface area is 126 Å². The molecular formula is C17H24N2O2. The van der Waals surface area contributed by atoms with Crippen LogP contribution < -0.4 is 5.32 Å². The Kier molecular flexibility index (Phi) is 4.15. The number of rotatable bonds is 2. The molecule has 0 radical (unpaired) electrons. The molecule has 1 fully saturated rings. The van der Waals surface area contributed by atoms with E-state index in [9.17, 15) is 4.79 Å². The van der Waals surface area contributed by atoms with Crippen LogP contribution in [0, 0.1) is 5.92 Å². The van der Waals surface area contributed by atoms with Crippen LogP contribution >= 0.6 is 0 Å². The lowest BCUT2D eigenvalue weighted by molar-refractivity contribution is -0.138. The number of nitrogens with one attached hydrogen (secondary N) is 1. The van der Waals surface area contributed by atoms with E-state index in [1.165, 1.54) is 11.3 Å². The molecule has 0 bridgehead atoms. The summed E-state index contributed by atoms with van der Waals surface area (Å²) >= 11 is 0. The smallest absolute Gasteiger partial charge is 0.228 e. The maximum atomic E-state index is 12.9. The van der Waals surface area contributed by atoms with Gasteiger partial charge < -0.3 is 15.0 Å². The van der Waals surface area contributed by atoms with Crippen LogP contribution in [0.1, 0.15) is 25.3 Å². The van der Waals surface area contributed by atoms with E-state index in [1.54, 1.807) is 0 Å². The van der Waals surface area contributed by atoms with E-state index < -0.39 is 0 Å². The number of benzene rings is 1. The highest BCUT2D eigenvalue weighted by molar-refractivity contribution is 5.81. The van der Waals surface area contributed by atoms with Crippen molar-refractivity contribution in [2.45, 2.75) is 38.3 Å². The maximum Gasteiger partial charge on any atom is 0.228 e. The number of fused-ring (bicyclic) bond motifs is 1. The highest BCUT2D eigenvalue weighted by Gasteiger charge is 2.34. The standard InChI is InChI=1S/C17H24N2O2/c1-12-15(11-13-5-3-4-6-16(13)18-12)17(20)19(2)14-7-9-21-10-8-14/h3-6,12,14-15,18H,7-11H2,1-2H3. The first-order chi connectivity index (χ1) is 10.2. The third kappa shape index (κ3) is 2.91. The lowest BCUT2D eigenvalue weighted by Crippen LogP contribution is -2.48. The summed E-state index contributed by atoms with van der Waals surface area (Å²) in [7, 11) is 1.95. The lowest BCUT2D eigenvalue weighted by Gasteiger charge is -2.38. The van der Waals surface area contributed by atoms with Gasteiger partial charge >= 0.3 is 0 Å². The van der Waals surface area contributed by atoms with E-state index >= 15 is 0 Å². The number of amides is 1. The minimum Gasteiger partial charge on any atom is -0.382 e. The predicted octanol–water partition coefficient (Wildman–Crippen LogP) is 2.30. The Morgan fingerprint density at radius 1 is 1.29 bits per heavy atom. The summed E-state index contributed by atoms with van der Waals surface area (Å²) in [6.45, 7) is 3.64. The van der Waals surface area contributed by atoms with Crippen molar-refractivity contribution in [3.05, 3.63) is 29.8 Å². The Hall–Kier alpha value is -1.55. The molecule has 2 unspecified atom stereocenters. The van der Waals surface area contributed by atoms with Gasteiger partial charge in [0.25, 0.3) is 0 Å².